The van der Waals surface area contributed by atoms with Gasteiger partial charge in [-0.15, -0.1) is 0 Å². The minimum Gasteiger partial charge on any atom is -0.469 e. The molecule has 0 aliphatic carbocycles. The number of nitrogens with two attached hydrogens (primary N) is 1. The fourth-order valence-corrected chi connectivity index (χ4v) is 2.08. The van der Waals surface area contributed by atoms with Crippen molar-refractivity contribution in [3.8, 4) is 0 Å². The van der Waals surface area contributed by atoms with E-state index in [1.807, 2.05) is 0 Å². The number of carbonyl (C=O) groups is 2. The second kappa shape index (κ2) is 6.44. The van der Waals surface area contributed by atoms with Crippen LogP contribution < -0.4 is 5.73 Å². The van der Waals surface area contributed by atoms with E-state index in [4.69, 9.17) is 10.5 Å². The third-order valence-corrected chi connectivity index (χ3v) is 2.78. The number of likely N-dealkylation sites (tertiary alicyclic amines) is 1. The van der Waals surface area contributed by atoms with E-state index in [0.717, 1.165) is 6.42 Å². The molecule has 1 aliphatic heterocycles. The Morgan fingerprint density at radius 2 is 2.12 bits per heavy atom. The number of rotatable bonds is 3. The van der Waals surface area contributed by atoms with Crippen LogP contribution in [0.25, 0.3) is 0 Å². The molecule has 0 bridgehead atoms. The fraction of sp³-hybridized carbons (Fsp3) is 0.818. The van der Waals surface area contributed by atoms with Gasteiger partial charge in [-0.25, -0.2) is 4.79 Å². The van der Waals surface area contributed by atoms with E-state index in [-0.39, 0.29) is 24.0 Å². The standard InChI is InChI=1S/C11H20N2O4/c1-3-17-11(15)13-6-8(4-9(12)7-13)5-10(14)16-2/h8-9H,3-7,12H2,1-2H3. The molecular weight excluding hydrogens is 224 g/mol. The van der Waals surface area contributed by atoms with Crippen molar-refractivity contribution in [1.29, 1.82) is 0 Å². The largest absolute Gasteiger partial charge is 0.469 e. The highest BCUT2D eigenvalue weighted by Gasteiger charge is 2.30. The number of amides is 1. The molecule has 2 N–H and O–H groups in total. The maximum absolute atomic E-state index is 11.6. The molecule has 6 heteroatoms. The van der Waals surface area contributed by atoms with Gasteiger partial charge in [0.25, 0.3) is 0 Å². The highest BCUT2D eigenvalue weighted by atomic mass is 16.6. The Balaban J connectivity index is 2.52. The quantitative estimate of drug-likeness (QED) is 0.725. The van der Waals surface area contributed by atoms with Crippen molar-refractivity contribution < 1.29 is 19.1 Å². The Bertz CT molecular complexity index is 283. The molecule has 1 rings (SSSR count). The lowest BCUT2D eigenvalue weighted by Gasteiger charge is -2.35. The molecular formula is C11H20N2O4. The van der Waals surface area contributed by atoms with Gasteiger partial charge < -0.3 is 20.1 Å². The lowest BCUT2D eigenvalue weighted by molar-refractivity contribution is -0.142. The van der Waals surface area contributed by atoms with Crippen LogP contribution in [0.2, 0.25) is 0 Å². The van der Waals surface area contributed by atoms with Gasteiger partial charge in [-0.05, 0) is 19.3 Å². The SMILES string of the molecule is CCOC(=O)N1CC(N)CC(CC(=O)OC)C1. The highest BCUT2D eigenvalue weighted by molar-refractivity contribution is 5.70. The van der Waals surface area contributed by atoms with Gasteiger partial charge in [-0.3, -0.25) is 4.79 Å². The van der Waals surface area contributed by atoms with Crippen LogP contribution in [-0.2, 0) is 14.3 Å². The number of hydrogen-bond acceptors (Lipinski definition) is 5. The predicted molar refractivity (Wildman–Crippen MR) is 61.3 cm³/mol. The lowest BCUT2D eigenvalue weighted by atomic mass is 9.92. The van der Waals surface area contributed by atoms with Gasteiger partial charge in [0.2, 0.25) is 0 Å². The molecule has 0 radical (unpaired) electrons. The Morgan fingerprint density at radius 3 is 2.71 bits per heavy atom. The minimum absolute atomic E-state index is 0.0515. The maximum atomic E-state index is 11.6. The van der Waals surface area contributed by atoms with Crippen LogP contribution >= 0.6 is 0 Å². The molecule has 1 amide bonds. The number of hydrogen-bond donors (Lipinski definition) is 1. The summed E-state index contributed by atoms with van der Waals surface area (Å²) in [6.45, 7) is 3.08. The molecule has 0 aromatic rings. The van der Waals surface area contributed by atoms with E-state index in [2.05, 4.69) is 4.74 Å². The maximum Gasteiger partial charge on any atom is 0.409 e. The molecule has 0 saturated carbocycles. The zero-order valence-corrected chi connectivity index (χ0v) is 10.3. The first kappa shape index (κ1) is 13.8. The summed E-state index contributed by atoms with van der Waals surface area (Å²) < 4.78 is 9.54. The summed E-state index contributed by atoms with van der Waals surface area (Å²) in [6.07, 6.45) is 0.656. The normalized spacial score (nSPS) is 24.3. The average molecular weight is 244 g/mol. The number of ether oxygens (including phenoxy) is 2. The van der Waals surface area contributed by atoms with Gasteiger partial charge >= 0.3 is 12.1 Å². The summed E-state index contributed by atoms with van der Waals surface area (Å²) in [4.78, 5) is 24.3. The van der Waals surface area contributed by atoms with Gasteiger partial charge in [0, 0.05) is 19.1 Å². The highest BCUT2D eigenvalue weighted by Crippen LogP contribution is 2.20. The molecule has 98 valence electrons. The zero-order valence-electron chi connectivity index (χ0n) is 10.3. The van der Waals surface area contributed by atoms with Crippen molar-refractivity contribution in [3.63, 3.8) is 0 Å². The van der Waals surface area contributed by atoms with Crippen LogP contribution in [0, 0.1) is 5.92 Å². The van der Waals surface area contributed by atoms with Crippen LogP contribution in [0.15, 0.2) is 0 Å². The van der Waals surface area contributed by atoms with E-state index in [1.165, 1.54) is 7.11 Å². The van der Waals surface area contributed by atoms with Crippen molar-refractivity contribution in [2.24, 2.45) is 11.7 Å². The molecule has 2 atom stereocenters. The third kappa shape index (κ3) is 4.22. The second-order valence-corrected chi connectivity index (χ2v) is 4.25. The number of esters is 1. The van der Waals surface area contributed by atoms with Crippen LogP contribution in [0.1, 0.15) is 19.8 Å². The molecule has 1 fully saturated rings. The van der Waals surface area contributed by atoms with Crippen molar-refractivity contribution in [2.75, 3.05) is 26.8 Å². The molecule has 6 nitrogen and oxygen atoms in total. The summed E-state index contributed by atoms with van der Waals surface area (Å²) in [6, 6.07) is -0.109. The molecule has 0 aromatic heterocycles. The van der Waals surface area contributed by atoms with Crippen LogP contribution in [0.5, 0.6) is 0 Å². The van der Waals surface area contributed by atoms with Crippen LogP contribution in [-0.4, -0.2) is 49.8 Å². The average Bonchev–Trinajstić information content (AvgIpc) is 2.28. The number of methoxy groups -OCH3 is 1. The monoisotopic (exact) mass is 244 g/mol. The molecule has 2 unspecified atom stereocenters. The topological polar surface area (TPSA) is 81.9 Å². The van der Waals surface area contributed by atoms with Crippen molar-refractivity contribution in [2.45, 2.75) is 25.8 Å². The summed E-state index contributed by atoms with van der Waals surface area (Å²) in [5, 5.41) is 0. The minimum atomic E-state index is -0.363. The summed E-state index contributed by atoms with van der Waals surface area (Å²) in [5.41, 5.74) is 5.87. The van der Waals surface area contributed by atoms with Gasteiger partial charge in [-0.2, -0.15) is 0 Å². The van der Waals surface area contributed by atoms with E-state index in [1.54, 1.807) is 11.8 Å². The lowest BCUT2D eigenvalue weighted by Crippen LogP contribution is -2.50. The van der Waals surface area contributed by atoms with Crippen molar-refractivity contribution in [1.82, 2.24) is 4.90 Å². The fourth-order valence-electron chi connectivity index (χ4n) is 2.08. The van der Waals surface area contributed by atoms with Gasteiger partial charge in [0.05, 0.1) is 20.1 Å². The van der Waals surface area contributed by atoms with E-state index in [0.29, 0.717) is 26.1 Å². The summed E-state index contributed by atoms with van der Waals surface area (Å²) in [5.74, 6) is -0.219. The van der Waals surface area contributed by atoms with Crippen LogP contribution in [0.3, 0.4) is 0 Å². The molecule has 1 aliphatic rings. The smallest absolute Gasteiger partial charge is 0.409 e. The zero-order chi connectivity index (χ0) is 12.8. The second-order valence-electron chi connectivity index (χ2n) is 4.25. The van der Waals surface area contributed by atoms with E-state index < -0.39 is 0 Å². The number of nitrogens with zero attached hydrogens (tertiary/aromatic N) is 1. The van der Waals surface area contributed by atoms with Gasteiger partial charge in [-0.1, -0.05) is 0 Å². The molecule has 0 aromatic carbocycles. The van der Waals surface area contributed by atoms with Crippen LogP contribution in [0.4, 0.5) is 4.79 Å². The Morgan fingerprint density at radius 1 is 1.41 bits per heavy atom. The van der Waals surface area contributed by atoms with Crippen molar-refractivity contribution in [3.05, 3.63) is 0 Å². The van der Waals surface area contributed by atoms with E-state index in [9.17, 15) is 9.59 Å². The van der Waals surface area contributed by atoms with Gasteiger partial charge in [0.15, 0.2) is 0 Å². The first-order valence-electron chi connectivity index (χ1n) is 5.80. The summed E-state index contributed by atoms with van der Waals surface area (Å²) in [7, 11) is 1.36. The number of carbonyl (C=O) groups excluding carboxylic acids is 2. The first-order valence-corrected chi connectivity index (χ1v) is 5.80. The molecule has 17 heavy (non-hydrogen) atoms. The predicted octanol–water partition coefficient (Wildman–Crippen LogP) is 0.355. The molecule has 1 heterocycles. The Hall–Kier alpha value is -1.30. The molecule has 1 saturated heterocycles. The Labute approximate surface area is 101 Å². The first-order chi connectivity index (χ1) is 8.06. The van der Waals surface area contributed by atoms with Gasteiger partial charge in [0.1, 0.15) is 0 Å². The molecule has 0 spiro atoms. The third-order valence-electron chi connectivity index (χ3n) is 2.78. The van der Waals surface area contributed by atoms with E-state index >= 15 is 0 Å². The number of piperidine rings is 1. The van der Waals surface area contributed by atoms with Crippen molar-refractivity contribution >= 4 is 12.1 Å². The Kier molecular flexibility index (Phi) is 5.21. The summed E-state index contributed by atoms with van der Waals surface area (Å²) >= 11 is 0.